The van der Waals surface area contributed by atoms with Crippen LogP contribution in [0.25, 0.3) is 0 Å². The number of amides is 1. The van der Waals surface area contributed by atoms with Crippen molar-refractivity contribution in [3.63, 3.8) is 0 Å². The minimum Gasteiger partial charge on any atom is -0.384 e. The van der Waals surface area contributed by atoms with Crippen LogP contribution >= 0.6 is 11.9 Å². The number of rotatable bonds is 8. The normalized spacial score (nSPS) is 10.6. The monoisotopic (exact) mass is 440 g/mol. The maximum Gasteiger partial charge on any atom is 0.331 e. The van der Waals surface area contributed by atoms with E-state index in [4.69, 9.17) is 5.73 Å². The Kier molecular flexibility index (Phi) is 7.14. The number of anilines is 2. The summed E-state index contributed by atoms with van der Waals surface area (Å²) in [5.41, 5.74) is 7.35. The van der Waals surface area contributed by atoms with Crippen molar-refractivity contribution < 1.29 is 4.79 Å². The van der Waals surface area contributed by atoms with Crippen molar-refractivity contribution in [1.29, 1.82) is 0 Å². The minimum atomic E-state index is -0.566. The summed E-state index contributed by atoms with van der Waals surface area (Å²) in [6.07, 6.45) is 1.43. The zero-order chi connectivity index (χ0) is 22.4. The summed E-state index contributed by atoms with van der Waals surface area (Å²) in [6.45, 7) is 1.63. The van der Waals surface area contributed by atoms with Gasteiger partial charge in [0.1, 0.15) is 18.1 Å². The molecule has 0 spiro atoms. The second-order valence-electron chi connectivity index (χ2n) is 6.96. The lowest BCUT2D eigenvalue weighted by Crippen LogP contribution is -2.43. The van der Waals surface area contributed by atoms with Crippen LogP contribution in [0.5, 0.6) is 0 Å². The number of carbonyl (C=O) groups excluding carboxylic acids is 1. The smallest absolute Gasteiger partial charge is 0.331 e. The average Bonchev–Trinajstić information content (AvgIpc) is 2.75. The Labute approximate surface area is 183 Å². The summed E-state index contributed by atoms with van der Waals surface area (Å²) in [5.74, 6) is 0.583. The molecule has 2 aromatic heterocycles. The third kappa shape index (κ3) is 5.76. The number of hydrogen-bond donors (Lipinski definition) is 3. The highest BCUT2D eigenvalue weighted by atomic mass is 32.2. The minimum absolute atomic E-state index is 0.220. The molecule has 0 saturated carbocycles. The van der Waals surface area contributed by atoms with Gasteiger partial charge in [-0.1, -0.05) is 36.4 Å². The van der Waals surface area contributed by atoms with Crippen molar-refractivity contribution in [3.05, 3.63) is 86.3 Å². The van der Waals surface area contributed by atoms with Gasteiger partial charge < -0.3 is 20.3 Å². The lowest BCUT2D eigenvalue weighted by molar-refractivity contribution is -0.121. The van der Waals surface area contributed by atoms with E-state index in [-0.39, 0.29) is 18.8 Å². The van der Waals surface area contributed by atoms with Crippen molar-refractivity contribution in [3.8, 4) is 0 Å². The maximum atomic E-state index is 12.8. The Morgan fingerprint density at radius 2 is 1.90 bits per heavy atom. The number of carbonyl (C=O) groups is 1. The fraction of sp³-hybridized carbons (Fsp3) is 0.238. The highest BCUT2D eigenvalue weighted by Crippen LogP contribution is 2.13. The largest absolute Gasteiger partial charge is 0.384 e. The van der Waals surface area contributed by atoms with Gasteiger partial charge in [-0.25, -0.2) is 14.3 Å². The van der Waals surface area contributed by atoms with Crippen LogP contribution in [0.15, 0.2) is 58.3 Å². The van der Waals surface area contributed by atoms with Crippen molar-refractivity contribution in [2.24, 2.45) is 7.05 Å². The van der Waals surface area contributed by atoms with E-state index < -0.39 is 17.2 Å². The molecular formula is C21H24N6O3S. The van der Waals surface area contributed by atoms with Crippen LogP contribution < -0.4 is 27.0 Å². The molecular weight excluding hydrogens is 416 g/mol. The highest BCUT2D eigenvalue weighted by Gasteiger charge is 2.14. The van der Waals surface area contributed by atoms with Gasteiger partial charge in [0.05, 0.1) is 0 Å². The standard InChI is InChI=1S/C21H24N6O3S/c1-14-16(8-9-18(22)24-14)10-23-19(28)12-27-20(29)17(11-26(2)21(27)30)25-31-13-15-6-4-3-5-7-15/h3-9,11,25H,10,12-13H2,1-2H3,(H2,22,24)(H,23,28). The van der Waals surface area contributed by atoms with Crippen LogP contribution in [-0.2, 0) is 30.7 Å². The summed E-state index contributed by atoms with van der Waals surface area (Å²) in [5, 5.41) is 2.71. The zero-order valence-electron chi connectivity index (χ0n) is 17.3. The lowest BCUT2D eigenvalue weighted by atomic mass is 10.2. The van der Waals surface area contributed by atoms with Crippen molar-refractivity contribution in [2.45, 2.75) is 25.8 Å². The van der Waals surface area contributed by atoms with Gasteiger partial charge in [0, 0.05) is 31.2 Å². The summed E-state index contributed by atoms with van der Waals surface area (Å²) < 4.78 is 5.17. The molecule has 0 aliphatic carbocycles. The molecule has 0 atom stereocenters. The average molecular weight is 441 g/mol. The first-order valence-corrected chi connectivity index (χ1v) is 10.5. The molecule has 0 unspecified atom stereocenters. The Hall–Kier alpha value is -3.53. The van der Waals surface area contributed by atoms with Crippen LogP contribution in [0.1, 0.15) is 16.8 Å². The molecule has 0 aliphatic rings. The van der Waals surface area contributed by atoms with Crippen LogP contribution in [0.3, 0.4) is 0 Å². The van der Waals surface area contributed by atoms with Gasteiger partial charge in [0.2, 0.25) is 5.91 Å². The summed E-state index contributed by atoms with van der Waals surface area (Å²) in [6, 6.07) is 13.2. The fourth-order valence-electron chi connectivity index (χ4n) is 2.90. The Morgan fingerprint density at radius 1 is 1.16 bits per heavy atom. The van der Waals surface area contributed by atoms with Gasteiger partial charge in [-0.2, -0.15) is 0 Å². The Balaban J connectivity index is 1.67. The van der Waals surface area contributed by atoms with E-state index in [2.05, 4.69) is 15.0 Å². The SMILES string of the molecule is Cc1nc(N)ccc1CNC(=O)Cn1c(=O)c(NSCc2ccccc2)cn(C)c1=O. The Bertz CT molecular complexity index is 1190. The first kappa shape index (κ1) is 22.2. The molecule has 0 aliphatic heterocycles. The van der Waals surface area contributed by atoms with Crippen molar-refractivity contribution >= 4 is 29.4 Å². The molecule has 3 aromatic rings. The van der Waals surface area contributed by atoms with E-state index in [0.29, 0.717) is 17.3 Å². The summed E-state index contributed by atoms with van der Waals surface area (Å²) >= 11 is 1.33. The number of aryl methyl sites for hydroxylation is 2. The molecule has 10 heteroatoms. The van der Waals surface area contributed by atoms with E-state index in [1.807, 2.05) is 30.3 Å². The first-order chi connectivity index (χ1) is 14.8. The fourth-order valence-corrected chi connectivity index (χ4v) is 3.62. The predicted molar refractivity (Wildman–Crippen MR) is 123 cm³/mol. The summed E-state index contributed by atoms with van der Waals surface area (Å²) in [7, 11) is 1.53. The second-order valence-corrected chi connectivity index (χ2v) is 7.74. The zero-order valence-corrected chi connectivity index (χ0v) is 18.1. The third-order valence-electron chi connectivity index (χ3n) is 4.59. The Morgan fingerprint density at radius 3 is 2.61 bits per heavy atom. The molecule has 4 N–H and O–H groups in total. The van der Waals surface area contributed by atoms with Crippen LogP contribution in [-0.4, -0.2) is 20.0 Å². The van der Waals surface area contributed by atoms with Gasteiger partial charge in [-0.3, -0.25) is 9.59 Å². The number of nitrogens with zero attached hydrogens (tertiary/aromatic N) is 3. The number of hydrogen-bond acceptors (Lipinski definition) is 7. The molecule has 2 heterocycles. The quantitative estimate of drug-likeness (QED) is 0.452. The summed E-state index contributed by atoms with van der Waals surface area (Å²) in [4.78, 5) is 41.7. The van der Waals surface area contributed by atoms with Gasteiger partial charge in [-0.05, 0) is 36.1 Å². The van der Waals surface area contributed by atoms with Crippen molar-refractivity contribution in [2.75, 3.05) is 10.5 Å². The third-order valence-corrected chi connectivity index (χ3v) is 5.43. The highest BCUT2D eigenvalue weighted by molar-refractivity contribution is 7.99. The van der Waals surface area contributed by atoms with Crippen LogP contribution in [0.2, 0.25) is 0 Å². The van der Waals surface area contributed by atoms with Gasteiger partial charge in [0.15, 0.2) is 0 Å². The molecule has 0 radical (unpaired) electrons. The molecule has 0 bridgehead atoms. The number of benzene rings is 1. The second kappa shape index (κ2) is 9.98. The van der Waals surface area contributed by atoms with Gasteiger partial charge >= 0.3 is 5.69 Å². The van der Waals surface area contributed by atoms with E-state index in [1.54, 1.807) is 19.1 Å². The number of pyridine rings is 1. The van der Waals surface area contributed by atoms with Gasteiger partial charge in [-0.15, -0.1) is 0 Å². The molecule has 3 rings (SSSR count). The number of nitrogens with two attached hydrogens (primary N) is 1. The maximum absolute atomic E-state index is 12.8. The number of aromatic nitrogens is 3. The molecule has 1 aromatic carbocycles. The van der Waals surface area contributed by atoms with E-state index in [1.165, 1.54) is 29.8 Å². The number of nitrogen functional groups attached to an aromatic ring is 1. The molecule has 31 heavy (non-hydrogen) atoms. The van der Waals surface area contributed by atoms with E-state index in [9.17, 15) is 14.4 Å². The number of nitrogens with one attached hydrogen (secondary N) is 2. The topological polar surface area (TPSA) is 124 Å². The molecule has 9 nitrogen and oxygen atoms in total. The van der Waals surface area contributed by atoms with Crippen LogP contribution in [0, 0.1) is 6.92 Å². The van der Waals surface area contributed by atoms with Crippen molar-refractivity contribution in [1.82, 2.24) is 19.4 Å². The lowest BCUT2D eigenvalue weighted by Gasteiger charge is -2.12. The predicted octanol–water partition coefficient (Wildman–Crippen LogP) is 1.41. The van der Waals surface area contributed by atoms with E-state index in [0.717, 1.165) is 15.7 Å². The van der Waals surface area contributed by atoms with Crippen LogP contribution in [0.4, 0.5) is 11.5 Å². The van der Waals surface area contributed by atoms with Gasteiger partial charge in [0.25, 0.3) is 5.56 Å². The molecule has 0 fully saturated rings. The molecule has 162 valence electrons. The van der Waals surface area contributed by atoms with E-state index >= 15 is 0 Å². The molecule has 1 amide bonds. The molecule has 0 saturated heterocycles. The first-order valence-electron chi connectivity index (χ1n) is 9.56.